The van der Waals surface area contributed by atoms with Crippen molar-refractivity contribution in [1.82, 2.24) is 0 Å². The van der Waals surface area contributed by atoms with Gasteiger partial charge in [-0.1, -0.05) is 52.2 Å². The minimum Gasteiger partial charge on any atom is -0.481 e. The van der Waals surface area contributed by atoms with E-state index in [1.165, 1.54) is 0 Å². The maximum absolute atomic E-state index is 12.0. The van der Waals surface area contributed by atoms with Crippen molar-refractivity contribution in [3.05, 3.63) is 12.2 Å². The van der Waals surface area contributed by atoms with Crippen LogP contribution in [-0.2, 0) is 9.59 Å². The third-order valence-electron chi connectivity index (χ3n) is 5.07. The maximum Gasteiger partial charge on any atom is 0.311 e. The standard InChI is InChI=1S/C17H28O4/c1-4-16(14(18)19)10-7-8-12-17(16,15(20)21)11-6-5-9-13(2)3/h7-8,13H,4-6,9-12H2,1-3H3,(H,18,19)(H,20,21). The zero-order chi connectivity index (χ0) is 16.1. The fourth-order valence-electron chi connectivity index (χ4n) is 3.61. The first-order chi connectivity index (χ1) is 9.82. The molecule has 2 N–H and O–H groups in total. The summed E-state index contributed by atoms with van der Waals surface area (Å²) in [7, 11) is 0. The molecule has 0 amide bonds. The summed E-state index contributed by atoms with van der Waals surface area (Å²) in [6.07, 6.45) is 7.88. The molecule has 1 rings (SSSR count). The highest BCUT2D eigenvalue weighted by Crippen LogP contribution is 2.54. The lowest BCUT2D eigenvalue weighted by Crippen LogP contribution is -2.53. The molecule has 0 aromatic rings. The molecule has 120 valence electrons. The molecule has 0 radical (unpaired) electrons. The monoisotopic (exact) mass is 296 g/mol. The van der Waals surface area contributed by atoms with Crippen LogP contribution in [0.1, 0.15) is 65.7 Å². The van der Waals surface area contributed by atoms with E-state index in [-0.39, 0.29) is 0 Å². The van der Waals surface area contributed by atoms with Crippen LogP contribution in [0, 0.1) is 16.7 Å². The van der Waals surface area contributed by atoms with Gasteiger partial charge in [0.15, 0.2) is 0 Å². The Morgan fingerprint density at radius 3 is 2.00 bits per heavy atom. The quantitative estimate of drug-likeness (QED) is 0.522. The van der Waals surface area contributed by atoms with Crippen molar-refractivity contribution in [1.29, 1.82) is 0 Å². The molecule has 2 atom stereocenters. The van der Waals surface area contributed by atoms with Gasteiger partial charge in [0.1, 0.15) is 0 Å². The molecule has 4 nitrogen and oxygen atoms in total. The number of carboxylic acid groups (broad SMARTS) is 2. The molecule has 21 heavy (non-hydrogen) atoms. The van der Waals surface area contributed by atoms with Crippen LogP contribution >= 0.6 is 0 Å². The number of hydrogen-bond acceptors (Lipinski definition) is 2. The largest absolute Gasteiger partial charge is 0.481 e. The molecule has 1 aliphatic carbocycles. The summed E-state index contributed by atoms with van der Waals surface area (Å²) in [5.41, 5.74) is -2.34. The minimum atomic E-state index is -1.18. The second kappa shape index (κ2) is 7.10. The lowest BCUT2D eigenvalue weighted by molar-refractivity contribution is -0.176. The van der Waals surface area contributed by atoms with Gasteiger partial charge >= 0.3 is 11.9 Å². The third-order valence-corrected chi connectivity index (χ3v) is 5.07. The average Bonchev–Trinajstić information content (AvgIpc) is 2.43. The van der Waals surface area contributed by atoms with Crippen LogP contribution in [0.25, 0.3) is 0 Å². The predicted molar refractivity (Wildman–Crippen MR) is 82.1 cm³/mol. The first-order valence-electron chi connectivity index (χ1n) is 7.94. The van der Waals surface area contributed by atoms with Crippen LogP contribution in [0.3, 0.4) is 0 Å². The van der Waals surface area contributed by atoms with E-state index >= 15 is 0 Å². The summed E-state index contributed by atoms with van der Waals surface area (Å²) >= 11 is 0. The number of carboxylic acids is 2. The van der Waals surface area contributed by atoms with Crippen LogP contribution in [0.4, 0.5) is 0 Å². The Bertz CT molecular complexity index is 413. The number of aliphatic carboxylic acids is 2. The Hall–Kier alpha value is -1.32. The fourth-order valence-corrected chi connectivity index (χ4v) is 3.61. The summed E-state index contributed by atoms with van der Waals surface area (Å²) in [5.74, 6) is -1.34. The van der Waals surface area contributed by atoms with Crippen molar-refractivity contribution in [3.8, 4) is 0 Å². The van der Waals surface area contributed by atoms with Gasteiger partial charge in [-0.2, -0.15) is 0 Å². The van der Waals surface area contributed by atoms with E-state index in [2.05, 4.69) is 13.8 Å². The molecule has 0 aliphatic heterocycles. The van der Waals surface area contributed by atoms with Crippen LogP contribution < -0.4 is 0 Å². The molecule has 0 aromatic heterocycles. The van der Waals surface area contributed by atoms with Crippen molar-refractivity contribution in [2.75, 3.05) is 0 Å². The van der Waals surface area contributed by atoms with E-state index in [0.29, 0.717) is 31.6 Å². The van der Waals surface area contributed by atoms with Crippen LogP contribution in [0.5, 0.6) is 0 Å². The summed E-state index contributed by atoms with van der Waals surface area (Å²) in [5, 5.41) is 19.5. The van der Waals surface area contributed by atoms with Crippen molar-refractivity contribution < 1.29 is 19.8 Å². The highest BCUT2D eigenvalue weighted by Gasteiger charge is 2.59. The molecule has 0 saturated heterocycles. The maximum atomic E-state index is 12.0. The van der Waals surface area contributed by atoms with E-state index in [9.17, 15) is 19.8 Å². The van der Waals surface area contributed by atoms with Crippen molar-refractivity contribution in [2.24, 2.45) is 16.7 Å². The normalized spacial score (nSPS) is 28.8. The van der Waals surface area contributed by atoms with Crippen LogP contribution in [0.15, 0.2) is 12.2 Å². The lowest BCUT2D eigenvalue weighted by Gasteiger charge is -2.46. The zero-order valence-corrected chi connectivity index (χ0v) is 13.4. The molecule has 2 unspecified atom stereocenters. The molecule has 0 saturated carbocycles. The number of carbonyl (C=O) groups is 2. The Labute approximate surface area is 127 Å². The van der Waals surface area contributed by atoms with Gasteiger partial charge in [-0.15, -0.1) is 0 Å². The van der Waals surface area contributed by atoms with Gasteiger partial charge in [-0.05, 0) is 31.6 Å². The van der Waals surface area contributed by atoms with Gasteiger partial charge in [0.2, 0.25) is 0 Å². The van der Waals surface area contributed by atoms with Gasteiger partial charge in [-0.3, -0.25) is 9.59 Å². The Morgan fingerprint density at radius 2 is 1.57 bits per heavy atom. The number of allylic oxidation sites excluding steroid dienone is 2. The van der Waals surface area contributed by atoms with Crippen LogP contribution in [0.2, 0.25) is 0 Å². The van der Waals surface area contributed by atoms with Gasteiger partial charge in [0.25, 0.3) is 0 Å². The first-order valence-corrected chi connectivity index (χ1v) is 7.94. The summed E-state index contributed by atoms with van der Waals surface area (Å²) < 4.78 is 0. The summed E-state index contributed by atoms with van der Waals surface area (Å²) in [6.45, 7) is 6.08. The van der Waals surface area contributed by atoms with Crippen LogP contribution in [-0.4, -0.2) is 22.2 Å². The molecule has 0 aromatic carbocycles. The zero-order valence-electron chi connectivity index (χ0n) is 13.4. The number of unbranched alkanes of at least 4 members (excludes halogenated alkanes) is 1. The molecule has 0 heterocycles. The molecular weight excluding hydrogens is 268 g/mol. The topological polar surface area (TPSA) is 74.6 Å². The lowest BCUT2D eigenvalue weighted by atomic mass is 9.54. The van der Waals surface area contributed by atoms with Gasteiger partial charge in [-0.25, -0.2) is 0 Å². The Morgan fingerprint density at radius 1 is 1.05 bits per heavy atom. The predicted octanol–water partition coefficient (Wildman–Crippen LogP) is 4.10. The van der Waals surface area contributed by atoms with E-state index < -0.39 is 22.8 Å². The molecular formula is C17H28O4. The molecule has 0 spiro atoms. The molecule has 0 bridgehead atoms. The second-order valence-electron chi connectivity index (χ2n) is 6.65. The van der Waals surface area contributed by atoms with Gasteiger partial charge in [0.05, 0.1) is 10.8 Å². The van der Waals surface area contributed by atoms with Crippen molar-refractivity contribution in [3.63, 3.8) is 0 Å². The summed E-state index contributed by atoms with van der Waals surface area (Å²) in [4.78, 5) is 23.9. The Balaban J connectivity index is 3.02. The van der Waals surface area contributed by atoms with E-state index in [1.807, 2.05) is 12.2 Å². The highest BCUT2D eigenvalue weighted by molar-refractivity contribution is 5.87. The smallest absolute Gasteiger partial charge is 0.311 e. The van der Waals surface area contributed by atoms with Crippen molar-refractivity contribution >= 4 is 11.9 Å². The van der Waals surface area contributed by atoms with Crippen molar-refractivity contribution in [2.45, 2.75) is 65.7 Å². The molecule has 0 fully saturated rings. The minimum absolute atomic E-state index is 0.315. The number of rotatable bonds is 8. The van der Waals surface area contributed by atoms with E-state index in [1.54, 1.807) is 6.92 Å². The third kappa shape index (κ3) is 3.30. The highest BCUT2D eigenvalue weighted by atomic mass is 16.4. The first kappa shape index (κ1) is 17.7. The number of hydrogen-bond donors (Lipinski definition) is 2. The van der Waals surface area contributed by atoms with E-state index in [4.69, 9.17) is 0 Å². The van der Waals surface area contributed by atoms with Gasteiger partial charge in [0, 0.05) is 0 Å². The SMILES string of the molecule is CCC1(C(=O)O)CC=CCC1(CCCCC(C)C)C(=O)O. The molecule has 1 aliphatic rings. The fraction of sp³-hybridized carbons (Fsp3) is 0.765. The van der Waals surface area contributed by atoms with E-state index in [0.717, 1.165) is 19.3 Å². The summed E-state index contributed by atoms with van der Waals surface area (Å²) in [6, 6.07) is 0. The average molecular weight is 296 g/mol. The Kier molecular flexibility index (Phi) is 5.99. The second-order valence-corrected chi connectivity index (χ2v) is 6.65. The van der Waals surface area contributed by atoms with Gasteiger partial charge < -0.3 is 10.2 Å². The molecule has 4 heteroatoms.